The van der Waals surface area contributed by atoms with Crippen molar-refractivity contribution in [3.8, 4) is 28.6 Å². The zero-order valence-electron chi connectivity index (χ0n) is 17.7. The Hall–Kier alpha value is -3.61. The van der Waals surface area contributed by atoms with E-state index < -0.39 is 0 Å². The van der Waals surface area contributed by atoms with Gasteiger partial charge in [-0.2, -0.15) is 0 Å². The van der Waals surface area contributed by atoms with Crippen molar-refractivity contribution in [3.05, 3.63) is 65.5 Å². The molecule has 3 aromatic rings. The van der Waals surface area contributed by atoms with Crippen LogP contribution in [0.2, 0.25) is 0 Å². The molecule has 0 saturated carbocycles. The molecule has 7 heteroatoms. The molecule has 1 N–H and O–H groups in total. The molecule has 2 aromatic carbocycles. The Labute approximate surface area is 176 Å². The predicted octanol–water partition coefficient (Wildman–Crippen LogP) is 3.97. The highest BCUT2D eigenvalue weighted by Gasteiger charge is 2.17. The van der Waals surface area contributed by atoms with Gasteiger partial charge in [-0.05, 0) is 55.8 Å². The second kappa shape index (κ2) is 9.26. The van der Waals surface area contributed by atoms with Gasteiger partial charge in [0.15, 0.2) is 17.3 Å². The quantitative estimate of drug-likeness (QED) is 0.638. The summed E-state index contributed by atoms with van der Waals surface area (Å²) in [5, 5.41) is 2.98. The molecule has 156 valence electrons. The molecular formula is C23H25N3O4. The summed E-state index contributed by atoms with van der Waals surface area (Å²) in [6, 6.07) is 12.8. The molecule has 30 heavy (non-hydrogen) atoms. The smallest absolute Gasteiger partial charge is 0.255 e. The van der Waals surface area contributed by atoms with Crippen LogP contribution in [-0.4, -0.2) is 37.2 Å². The van der Waals surface area contributed by atoms with E-state index in [1.54, 1.807) is 34.4 Å². The monoisotopic (exact) mass is 407 g/mol. The summed E-state index contributed by atoms with van der Waals surface area (Å²) in [5.41, 5.74) is 2.78. The van der Waals surface area contributed by atoms with Crippen molar-refractivity contribution >= 4 is 5.91 Å². The Morgan fingerprint density at radius 3 is 2.27 bits per heavy atom. The Morgan fingerprint density at radius 2 is 1.67 bits per heavy atom. The van der Waals surface area contributed by atoms with Gasteiger partial charge in [0.1, 0.15) is 5.75 Å². The minimum atomic E-state index is -0.240. The molecule has 0 aliphatic rings. The number of aromatic nitrogens is 2. The van der Waals surface area contributed by atoms with E-state index in [-0.39, 0.29) is 11.9 Å². The van der Waals surface area contributed by atoms with Gasteiger partial charge in [0.25, 0.3) is 5.91 Å². The van der Waals surface area contributed by atoms with Crippen LogP contribution in [-0.2, 0) is 0 Å². The van der Waals surface area contributed by atoms with E-state index in [0.717, 1.165) is 16.9 Å². The highest BCUT2D eigenvalue weighted by molar-refractivity contribution is 5.95. The maximum absolute atomic E-state index is 12.8. The number of rotatable bonds is 7. The van der Waals surface area contributed by atoms with Gasteiger partial charge >= 0.3 is 0 Å². The van der Waals surface area contributed by atoms with Crippen molar-refractivity contribution in [2.45, 2.75) is 19.9 Å². The lowest BCUT2D eigenvalue weighted by Gasteiger charge is -2.17. The van der Waals surface area contributed by atoms with E-state index >= 15 is 0 Å². The third-order valence-electron chi connectivity index (χ3n) is 4.83. The molecule has 1 atom stereocenters. The molecule has 0 fully saturated rings. The fourth-order valence-electron chi connectivity index (χ4n) is 3.05. The highest BCUT2D eigenvalue weighted by Crippen LogP contribution is 2.30. The summed E-state index contributed by atoms with van der Waals surface area (Å²) >= 11 is 0. The second-order valence-electron chi connectivity index (χ2n) is 6.73. The first-order valence-electron chi connectivity index (χ1n) is 9.47. The Morgan fingerprint density at radius 1 is 0.967 bits per heavy atom. The third-order valence-corrected chi connectivity index (χ3v) is 4.83. The predicted molar refractivity (Wildman–Crippen MR) is 114 cm³/mol. The largest absolute Gasteiger partial charge is 0.497 e. The number of amides is 1. The van der Waals surface area contributed by atoms with Crippen molar-refractivity contribution in [1.82, 2.24) is 15.3 Å². The van der Waals surface area contributed by atoms with Gasteiger partial charge in [-0.1, -0.05) is 6.07 Å². The maximum atomic E-state index is 12.8. The van der Waals surface area contributed by atoms with E-state index in [4.69, 9.17) is 14.2 Å². The minimum absolute atomic E-state index is 0.238. The van der Waals surface area contributed by atoms with E-state index in [0.29, 0.717) is 28.6 Å². The number of hydrogen-bond acceptors (Lipinski definition) is 6. The van der Waals surface area contributed by atoms with Gasteiger partial charge in [-0.15, -0.1) is 0 Å². The topological polar surface area (TPSA) is 82.6 Å². The first-order valence-corrected chi connectivity index (χ1v) is 9.47. The number of hydrogen-bond donors (Lipinski definition) is 1. The van der Waals surface area contributed by atoms with E-state index in [1.165, 1.54) is 0 Å². The van der Waals surface area contributed by atoms with E-state index in [2.05, 4.69) is 15.3 Å². The Kier molecular flexibility index (Phi) is 6.51. The molecule has 0 spiro atoms. The van der Waals surface area contributed by atoms with E-state index in [1.807, 2.05) is 49.4 Å². The van der Waals surface area contributed by atoms with Crippen LogP contribution >= 0.6 is 0 Å². The summed E-state index contributed by atoms with van der Waals surface area (Å²) in [5.74, 6) is 2.32. The van der Waals surface area contributed by atoms with Crippen molar-refractivity contribution in [2.24, 2.45) is 0 Å². The average Bonchev–Trinajstić information content (AvgIpc) is 2.78. The molecule has 0 saturated heterocycles. The lowest BCUT2D eigenvalue weighted by atomic mass is 10.1. The molecule has 0 aliphatic carbocycles. The lowest BCUT2D eigenvalue weighted by molar-refractivity contribution is 0.0938. The number of carbonyl (C=O) groups excluding carboxylic acids is 1. The van der Waals surface area contributed by atoms with Crippen LogP contribution < -0.4 is 19.5 Å². The van der Waals surface area contributed by atoms with Gasteiger partial charge in [0, 0.05) is 11.8 Å². The molecular weight excluding hydrogens is 382 g/mol. The third kappa shape index (κ3) is 4.51. The van der Waals surface area contributed by atoms with Gasteiger partial charge in [-0.25, -0.2) is 9.97 Å². The molecule has 1 aromatic heterocycles. The van der Waals surface area contributed by atoms with Crippen LogP contribution in [0.15, 0.2) is 48.7 Å². The van der Waals surface area contributed by atoms with Gasteiger partial charge < -0.3 is 19.5 Å². The number of benzene rings is 2. The molecule has 3 rings (SSSR count). The number of nitrogens with one attached hydrogen (secondary N) is 1. The molecule has 7 nitrogen and oxygen atoms in total. The first kappa shape index (κ1) is 21.1. The standard InChI is InChI=1S/C23H25N3O4/c1-14(17-8-11-20(29-4)21(12-17)30-5)26-23(27)19-13-24-22(25-15(19)2)16-6-9-18(28-3)10-7-16/h6-14H,1-5H3,(H,26,27)/t14-/m1/s1. The Bertz CT molecular complexity index is 1040. The van der Waals surface area contributed by atoms with Crippen LogP contribution in [0.3, 0.4) is 0 Å². The number of carbonyl (C=O) groups is 1. The lowest BCUT2D eigenvalue weighted by Crippen LogP contribution is -2.27. The summed E-state index contributed by atoms with van der Waals surface area (Å²) in [6.07, 6.45) is 1.55. The molecule has 0 bridgehead atoms. The SMILES string of the molecule is COc1ccc(-c2ncc(C(=O)N[C@H](C)c3ccc(OC)c(OC)c3)c(C)n2)cc1. The molecule has 0 aliphatic heterocycles. The van der Waals surface area contributed by atoms with Crippen LogP contribution in [0, 0.1) is 6.92 Å². The molecule has 0 unspecified atom stereocenters. The zero-order valence-corrected chi connectivity index (χ0v) is 17.7. The number of ether oxygens (including phenoxy) is 3. The molecule has 1 amide bonds. The summed E-state index contributed by atoms with van der Waals surface area (Å²) in [4.78, 5) is 21.7. The van der Waals surface area contributed by atoms with E-state index in [9.17, 15) is 4.79 Å². The van der Waals surface area contributed by atoms with Crippen molar-refractivity contribution in [2.75, 3.05) is 21.3 Å². The molecule has 1 heterocycles. The fourth-order valence-corrected chi connectivity index (χ4v) is 3.05. The summed E-state index contributed by atoms with van der Waals surface area (Å²) in [7, 11) is 4.78. The second-order valence-corrected chi connectivity index (χ2v) is 6.73. The van der Waals surface area contributed by atoms with Gasteiger partial charge in [0.2, 0.25) is 0 Å². The molecule has 0 radical (unpaired) electrons. The average molecular weight is 407 g/mol. The first-order chi connectivity index (χ1) is 14.5. The summed E-state index contributed by atoms with van der Waals surface area (Å²) in [6.45, 7) is 3.70. The van der Waals surface area contributed by atoms with Crippen molar-refractivity contribution in [3.63, 3.8) is 0 Å². The van der Waals surface area contributed by atoms with Gasteiger partial charge in [-0.3, -0.25) is 4.79 Å². The fraction of sp³-hybridized carbons (Fsp3) is 0.261. The minimum Gasteiger partial charge on any atom is -0.497 e. The maximum Gasteiger partial charge on any atom is 0.255 e. The van der Waals surface area contributed by atoms with Crippen LogP contribution in [0.4, 0.5) is 0 Å². The van der Waals surface area contributed by atoms with Crippen LogP contribution in [0.25, 0.3) is 11.4 Å². The van der Waals surface area contributed by atoms with Crippen LogP contribution in [0.1, 0.15) is 34.6 Å². The number of nitrogens with zero attached hydrogens (tertiary/aromatic N) is 2. The van der Waals surface area contributed by atoms with Crippen molar-refractivity contribution < 1.29 is 19.0 Å². The highest BCUT2D eigenvalue weighted by atomic mass is 16.5. The number of methoxy groups -OCH3 is 3. The number of aryl methyl sites for hydroxylation is 1. The Balaban J connectivity index is 1.76. The van der Waals surface area contributed by atoms with Crippen molar-refractivity contribution in [1.29, 1.82) is 0 Å². The summed E-state index contributed by atoms with van der Waals surface area (Å²) < 4.78 is 15.8. The zero-order chi connectivity index (χ0) is 21.7. The normalized spacial score (nSPS) is 11.5. The van der Waals surface area contributed by atoms with Crippen LogP contribution in [0.5, 0.6) is 17.2 Å². The van der Waals surface area contributed by atoms with Gasteiger partial charge in [0.05, 0.1) is 38.6 Å².